The van der Waals surface area contributed by atoms with E-state index >= 15 is 0 Å². The van der Waals surface area contributed by atoms with E-state index in [9.17, 15) is 4.79 Å². The number of carbonyl (C=O) groups is 1. The van der Waals surface area contributed by atoms with Gasteiger partial charge in [-0.1, -0.05) is 12.1 Å². The molecular formula is C12H16O5. The van der Waals surface area contributed by atoms with Gasteiger partial charge < -0.3 is 19.7 Å². The van der Waals surface area contributed by atoms with Crippen molar-refractivity contribution in [3.63, 3.8) is 0 Å². The molecule has 94 valence electrons. The second-order valence-electron chi connectivity index (χ2n) is 3.88. The lowest BCUT2D eigenvalue weighted by molar-refractivity contribution is -0.158. The monoisotopic (exact) mass is 240 g/mol. The zero-order valence-electron chi connectivity index (χ0n) is 9.84. The van der Waals surface area contributed by atoms with E-state index in [0.29, 0.717) is 11.3 Å². The summed E-state index contributed by atoms with van der Waals surface area (Å²) >= 11 is 0. The van der Waals surface area contributed by atoms with Gasteiger partial charge in [0.1, 0.15) is 5.75 Å². The smallest absolute Gasteiger partial charge is 0.350 e. The fourth-order valence-electron chi connectivity index (χ4n) is 1.38. The number of ether oxygens (including phenoxy) is 2. The minimum Gasteiger partial charge on any atom is -0.478 e. The molecule has 0 saturated heterocycles. The number of hydrogen-bond donors (Lipinski definition) is 2. The fourth-order valence-corrected chi connectivity index (χ4v) is 1.38. The summed E-state index contributed by atoms with van der Waals surface area (Å²) in [5.41, 5.74) is -0.782. The Bertz CT molecular complexity index is 390. The maximum atomic E-state index is 11.1. The van der Waals surface area contributed by atoms with E-state index in [-0.39, 0.29) is 13.2 Å². The van der Waals surface area contributed by atoms with Crippen molar-refractivity contribution in [2.45, 2.75) is 19.1 Å². The van der Waals surface area contributed by atoms with Crippen LogP contribution in [0.4, 0.5) is 0 Å². The standard InChI is InChI=1S/C12H16O5/c1-12(8-16-2,11(14)15)17-10-5-3-4-9(6-10)7-13/h3-6,13H,7-8H2,1-2H3,(H,14,15). The Morgan fingerprint density at radius 2 is 2.18 bits per heavy atom. The van der Waals surface area contributed by atoms with Crippen molar-refractivity contribution < 1.29 is 24.5 Å². The normalized spacial score (nSPS) is 14.1. The van der Waals surface area contributed by atoms with Crippen molar-refractivity contribution in [3.05, 3.63) is 29.8 Å². The highest BCUT2D eigenvalue weighted by atomic mass is 16.6. The van der Waals surface area contributed by atoms with E-state index in [1.165, 1.54) is 14.0 Å². The van der Waals surface area contributed by atoms with Crippen LogP contribution in [0.2, 0.25) is 0 Å². The summed E-state index contributed by atoms with van der Waals surface area (Å²) in [6.45, 7) is 1.25. The molecule has 5 heteroatoms. The van der Waals surface area contributed by atoms with Crippen LogP contribution in [0.3, 0.4) is 0 Å². The highest BCUT2D eigenvalue weighted by Crippen LogP contribution is 2.20. The van der Waals surface area contributed by atoms with Crippen molar-refractivity contribution in [3.8, 4) is 5.75 Å². The van der Waals surface area contributed by atoms with Crippen LogP contribution >= 0.6 is 0 Å². The molecule has 0 spiro atoms. The third-order valence-electron chi connectivity index (χ3n) is 2.30. The molecule has 1 aromatic rings. The van der Waals surface area contributed by atoms with Crippen LogP contribution in [-0.4, -0.2) is 35.5 Å². The van der Waals surface area contributed by atoms with Gasteiger partial charge in [-0.05, 0) is 24.6 Å². The second kappa shape index (κ2) is 5.65. The minimum absolute atomic E-state index is 0.0638. The summed E-state index contributed by atoms with van der Waals surface area (Å²) < 4.78 is 10.3. The summed E-state index contributed by atoms with van der Waals surface area (Å²) in [6, 6.07) is 6.64. The number of benzene rings is 1. The van der Waals surface area contributed by atoms with Crippen molar-refractivity contribution in [1.82, 2.24) is 0 Å². The summed E-state index contributed by atoms with van der Waals surface area (Å²) in [5.74, 6) is -0.716. The predicted octanol–water partition coefficient (Wildman–Crippen LogP) is 1.05. The molecule has 1 atom stereocenters. The van der Waals surface area contributed by atoms with E-state index < -0.39 is 11.6 Å². The zero-order chi connectivity index (χ0) is 12.9. The average molecular weight is 240 g/mol. The molecule has 0 aliphatic heterocycles. The van der Waals surface area contributed by atoms with Crippen molar-refractivity contribution >= 4 is 5.97 Å². The van der Waals surface area contributed by atoms with Crippen molar-refractivity contribution in [2.24, 2.45) is 0 Å². The molecule has 0 saturated carbocycles. The molecule has 0 heterocycles. The summed E-state index contributed by atoms with van der Waals surface area (Å²) in [7, 11) is 1.41. The van der Waals surface area contributed by atoms with E-state index in [4.69, 9.17) is 19.7 Å². The number of carboxylic acid groups (broad SMARTS) is 1. The van der Waals surface area contributed by atoms with Crippen LogP contribution in [0.5, 0.6) is 5.75 Å². The third-order valence-corrected chi connectivity index (χ3v) is 2.30. The molecule has 1 rings (SSSR count). The fraction of sp³-hybridized carbons (Fsp3) is 0.417. The number of methoxy groups -OCH3 is 1. The topological polar surface area (TPSA) is 76.0 Å². The van der Waals surface area contributed by atoms with Gasteiger partial charge in [0.05, 0.1) is 13.2 Å². The van der Waals surface area contributed by atoms with Crippen molar-refractivity contribution in [1.29, 1.82) is 0 Å². The summed E-state index contributed by atoms with van der Waals surface area (Å²) in [5, 5.41) is 18.1. The van der Waals surface area contributed by atoms with Crippen LogP contribution in [0.1, 0.15) is 12.5 Å². The predicted molar refractivity (Wildman–Crippen MR) is 60.9 cm³/mol. The first-order valence-corrected chi connectivity index (χ1v) is 5.13. The van der Waals surface area contributed by atoms with Gasteiger partial charge in [-0.25, -0.2) is 4.79 Å². The second-order valence-corrected chi connectivity index (χ2v) is 3.88. The Labute approximate surface area is 99.6 Å². The van der Waals surface area contributed by atoms with Crippen LogP contribution in [-0.2, 0) is 16.1 Å². The number of rotatable bonds is 6. The van der Waals surface area contributed by atoms with Gasteiger partial charge in [-0.15, -0.1) is 0 Å². The molecule has 0 amide bonds. The van der Waals surface area contributed by atoms with Gasteiger partial charge in [0.2, 0.25) is 5.60 Å². The lowest BCUT2D eigenvalue weighted by Crippen LogP contribution is -2.45. The van der Waals surface area contributed by atoms with Gasteiger partial charge in [0.15, 0.2) is 0 Å². The van der Waals surface area contributed by atoms with Gasteiger partial charge in [-0.3, -0.25) is 0 Å². The first-order chi connectivity index (χ1) is 8.01. The number of aliphatic hydroxyl groups excluding tert-OH is 1. The Morgan fingerprint density at radius 3 is 2.71 bits per heavy atom. The zero-order valence-corrected chi connectivity index (χ0v) is 9.84. The maximum absolute atomic E-state index is 11.1. The average Bonchev–Trinajstić information content (AvgIpc) is 2.29. The Balaban J connectivity index is 2.89. The van der Waals surface area contributed by atoms with Gasteiger partial charge >= 0.3 is 5.97 Å². The van der Waals surface area contributed by atoms with Crippen molar-refractivity contribution in [2.75, 3.05) is 13.7 Å². The Hall–Kier alpha value is -1.59. The number of carboxylic acids is 1. The van der Waals surface area contributed by atoms with E-state index in [2.05, 4.69) is 0 Å². The van der Waals surface area contributed by atoms with Crippen LogP contribution < -0.4 is 4.74 Å². The molecule has 5 nitrogen and oxygen atoms in total. The number of hydrogen-bond acceptors (Lipinski definition) is 4. The first kappa shape index (κ1) is 13.5. The molecular weight excluding hydrogens is 224 g/mol. The third kappa shape index (κ3) is 3.44. The first-order valence-electron chi connectivity index (χ1n) is 5.13. The van der Waals surface area contributed by atoms with Crippen LogP contribution in [0, 0.1) is 0 Å². The van der Waals surface area contributed by atoms with E-state index in [1.807, 2.05) is 0 Å². The number of aliphatic hydroxyl groups is 1. The molecule has 2 N–H and O–H groups in total. The molecule has 0 bridgehead atoms. The maximum Gasteiger partial charge on any atom is 0.350 e. The van der Waals surface area contributed by atoms with Gasteiger partial charge in [-0.2, -0.15) is 0 Å². The molecule has 17 heavy (non-hydrogen) atoms. The van der Waals surface area contributed by atoms with Crippen LogP contribution in [0.25, 0.3) is 0 Å². The van der Waals surface area contributed by atoms with Gasteiger partial charge in [0, 0.05) is 7.11 Å². The molecule has 0 fully saturated rings. The largest absolute Gasteiger partial charge is 0.478 e. The quantitative estimate of drug-likeness (QED) is 0.777. The Kier molecular flexibility index (Phi) is 4.48. The molecule has 0 aromatic heterocycles. The minimum atomic E-state index is -1.44. The molecule has 1 aromatic carbocycles. The lowest BCUT2D eigenvalue weighted by Gasteiger charge is -2.25. The number of aliphatic carboxylic acids is 1. The molecule has 0 radical (unpaired) electrons. The van der Waals surface area contributed by atoms with Crippen LogP contribution in [0.15, 0.2) is 24.3 Å². The molecule has 1 unspecified atom stereocenters. The van der Waals surface area contributed by atoms with E-state index in [1.54, 1.807) is 24.3 Å². The lowest BCUT2D eigenvalue weighted by atomic mass is 10.1. The summed E-state index contributed by atoms with van der Waals surface area (Å²) in [6.07, 6.45) is 0. The molecule has 0 aliphatic rings. The SMILES string of the molecule is COCC(C)(Oc1cccc(CO)c1)C(=O)O. The Morgan fingerprint density at radius 1 is 1.47 bits per heavy atom. The molecule has 0 aliphatic carbocycles. The highest BCUT2D eigenvalue weighted by molar-refractivity contribution is 5.77. The summed E-state index contributed by atoms with van der Waals surface area (Å²) in [4.78, 5) is 11.1. The highest BCUT2D eigenvalue weighted by Gasteiger charge is 2.35. The van der Waals surface area contributed by atoms with E-state index in [0.717, 1.165) is 0 Å². The van der Waals surface area contributed by atoms with Gasteiger partial charge in [0.25, 0.3) is 0 Å².